The molecule has 1 aliphatic rings. The van der Waals surface area contributed by atoms with Crippen molar-refractivity contribution < 1.29 is 23.9 Å². The van der Waals surface area contributed by atoms with Crippen LogP contribution in [0.2, 0.25) is 0 Å². The Bertz CT molecular complexity index is 433. The van der Waals surface area contributed by atoms with E-state index in [1.807, 2.05) is 0 Å². The van der Waals surface area contributed by atoms with Gasteiger partial charge < -0.3 is 9.47 Å². The first-order valence-corrected chi connectivity index (χ1v) is 6.94. The first kappa shape index (κ1) is 16.9. The monoisotopic (exact) mass is 296 g/mol. The van der Waals surface area contributed by atoms with Gasteiger partial charge in [-0.05, 0) is 20.3 Å². The van der Waals surface area contributed by atoms with Crippen LogP contribution in [-0.2, 0) is 23.9 Å². The van der Waals surface area contributed by atoms with Gasteiger partial charge in [0.2, 0.25) is 0 Å². The molecular formula is C14H20N2O5. The first-order valence-electron chi connectivity index (χ1n) is 6.94. The third kappa shape index (κ3) is 5.37. The third-order valence-electron chi connectivity index (χ3n) is 2.73. The largest absolute Gasteiger partial charge is 0.466 e. The first-order chi connectivity index (χ1) is 10.1. The number of hydrogen-bond acceptors (Lipinski definition) is 6. The summed E-state index contributed by atoms with van der Waals surface area (Å²) in [5.41, 5.74) is 0. The van der Waals surface area contributed by atoms with Crippen molar-refractivity contribution in [2.24, 2.45) is 11.0 Å². The number of carbonyl (C=O) groups is 3. The van der Waals surface area contributed by atoms with Crippen molar-refractivity contribution in [3.05, 3.63) is 12.3 Å². The maximum Gasteiger partial charge on any atom is 0.318 e. The maximum absolute atomic E-state index is 12.3. The normalized spacial score (nSPS) is 14.7. The van der Waals surface area contributed by atoms with Gasteiger partial charge in [0.25, 0.3) is 5.91 Å². The van der Waals surface area contributed by atoms with E-state index in [9.17, 15) is 14.4 Å². The van der Waals surface area contributed by atoms with Crippen LogP contribution >= 0.6 is 0 Å². The minimum Gasteiger partial charge on any atom is -0.466 e. The van der Waals surface area contributed by atoms with Crippen LogP contribution in [0.15, 0.2) is 17.4 Å². The molecule has 0 fully saturated rings. The molecule has 1 heterocycles. The van der Waals surface area contributed by atoms with Gasteiger partial charge >= 0.3 is 11.9 Å². The number of nitrogens with zero attached hydrogens (tertiary/aromatic N) is 2. The molecule has 7 heteroatoms. The van der Waals surface area contributed by atoms with Gasteiger partial charge in [0, 0.05) is 25.3 Å². The van der Waals surface area contributed by atoms with Gasteiger partial charge in [-0.1, -0.05) is 6.08 Å². The second kappa shape index (κ2) is 8.89. The summed E-state index contributed by atoms with van der Waals surface area (Å²) in [6, 6.07) is 0. The number of esters is 2. The number of rotatable bonds is 7. The lowest BCUT2D eigenvalue weighted by Gasteiger charge is -2.20. The number of carbonyl (C=O) groups excluding carboxylic acids is 3. The Hall–Kier alpha value is -2.18. The Morgan fingerprint density at radius 3 is 2.52 bits per heavy atom. The Balaban J connectivity index is 2.71. The van der Waals surface area contributed by atoms with Crippen LogP contribution in [0.4, 0.5) is 0 Å². The van der Waals surface area contributed by atoms with Crippen LogP contribution in [0.5, 0.6) is 0 Å². The summed E-state index contributed by atoms with van der Waals surface area (Å²) in [6.07, 6.45) is 5.46. The average molecular weight is 296 g/mol. The summed E-state index contributed by atoms with van der Waals surface area (Å²) in [5, 5.41) is 5.00. The van der Waals surface area contributed by atoms with Gasteiger partial charge in [-0.3, -0.25) is 14.4 Å². The Labute approximate surface area is 123 Å². The lowest BCUT2D eigenvalue weighted by molar-refractivity contribution is -0.155. The Morgan fingerprint density at radius 1 is 1.24 bits per heavy atom. The quantitative estimate of drug-likeness (QED) is 0.521. The van der Waals surface area contributed by atoms with E-state index in [2.05, 4.69) is 5.10 Å². The fourth-order valence-electron chi connectivity index (χ4n) is 1.77. The predicted octanol–water partition coefficient (Wildman–Crippen LogP) is 1.24. The topological polar surface area (TPSA) is 85.3 Å². The van der Waals surface area contributed by atoms with Crippen molar-refractivity contribution in [3.63, 3.8) is 0 Å². The highest BCUT2D eigenvalue weighted by Crippen LogP contribution is 2.16. The third-order valence-corrected chi connectivity index (χ3v) is 2.73. The molecule has 21 heavy (non-hydrogen) atoms. The molecule has 0 saturated carbocycles. The van der Waals surface area contributed by atoms with E-state index < -0.39 is 23.8 Å². The molecule has 0 aliphatic carbocycles. The van der Waals surface area contributed by atoms with E-state index in [4.69, 9.17) is 9.47 Å². The van der Waals surface area contributed by atoms with E-state index >= 15 is 0 Å². The van der Waals surface area contributed by atoms with Gasteiger partial charge in [-0.15, -0.1) is 0 Å². The van der Waals surface area contributed by atoms with Gasteiger partial charge in [0.05, 0.1) is 13.2 Å². The Kier molecular flexibility index (Phi) is 7.14. The van der Waals surface area contributed by atoms with E-state index in [-0.39, 0.29) is 26.1 Å². The minimum atomic E-state index is -1.06. The molecule has 1 unspecified atom stereocenters. The van der Waals surface area contributed by atoms with Crippen LogP contribution in [0.25, 0.3) is 0 Å². The molecule has 7 nitrogen and oxygen atoms in total. The highest BCUT2D eigenvalue weighted by Gasteiger charge is 2.32. The molecule has 1 atom stereocenters. The molecule has 0 aromatic heterocycles. The minimum absolute atomic E-state index is 0.0235. The van der Waals surface area contributed by atoms with Crippen molar-refractivity contribution in [2.45, 2.75) is 33.1 Å². The number of amides is 1. The standard InChI is InChI=1S/C14H20N2O5/c1-3-20-12(17)8-7-11(14(19)21-4-2)13(18)16-10-6-5-9-15-16/h6,9-11H,3-5,7-8H2,1-2H3. The SMILES string of the molecule is CCOC(=O)CCC(C(=O)OCC)C(=O)N1C=CCC=N1. The summed E-state index contributed by atoms with van der Waals surface area (Å²) in [6.45, 7) is 3.78. The van der Waals surface area contributed by atoms with Crippen molar-refractivity contribution >= 4 is 24.1 Å². The summed E-state index contributed by atoms with van der Waals surface area (Å²) >= 11 is 0. The van der Waals surface area contributed by atoms with Crippen molar-refractivity contribution in [1.29, 1.82) is 0 Å². The van der Waals surface area contributed by atoms with Gasteiger partial charge in [0.1, 0.15) is 5.92 Å². The van der Waals surface area contributed by atoms with Crippen molar-refractivity contribution in [2.75, 3.05) is 13.2 Å². The van der Waals surface area contributed by atoms with Gasteiger partial charge in [-0.25, -0.2) is 5.01 Å². The highest BCUT2D eigenvalue weighted by atomic mass is 16.5. The fourth-order valence-corrected chi connectivity index (χ4v) is 1.77. The summed E-state index contributed by atoms with van der Waals surface area (Å²) in [7, 11) is 0. The molecule has 0 bridgehead atoms. The second-order valence-corrected chi connectivity index (χ2v) is 4.25. The molecule has 116 valence electrons. The van der Waals surface area contributed by atoms with E-state index in [1.165, 1.54) is 6.20 Å². The smallest absolute Gasteiger partial charge is 0.318 e. The van der Waals surface area contributed by atoms with Crippen LogP contribution in [-0.4, -0.2) is 42.3 Å². The van der Waals surface area contributed by atoms with Crippen molar-refractivity contribution in [1.82, 2.24) is 5.01 Å². The average Bonchev–Trinajstić information content (AvgIpc) is 2.48. The molecule has 0 radical (unpaired) electrons. The maximum atomic E-state index is 12.3. The van der Waals surface area contributed by atoms with E-state index in [1.54, 1.807) is 26.1 Å². The zero-order valence-electron chi connectivity index (χ0n) is 12.3. The molecule has 1 amide bonds. The van der Waals surface area contributed by atoms with Gasteiger partial charge in [-0.2, -0.15) is 5.10 Å². The summed E-state index contributed by atoms with van der Waals surface area (Å²) < 4.78 is 9.69. The van der Waals surface area contributed by atoms with Crippen LogP contribution < -0.4 is 0 Å². The van der Waals surface area contributed by atoms with Crippen LogP contribution in [0.1, 0.15) is 33.1 Å². The highest BCUT2D eigenvalue weighted by molar-refractivity contribution is 5.98. The lowest BCUT2D eigenvalue weighted by atomic mass is 10.0. The fraction of sp³-hybridized carbons (Fsp3) is 0.571. The van der Waals surface area contributed by atoms with Crippen LogP contribution in [0, 0.1) is 5.92 Å². The molecule has 0 N–H and O–H groups in total. The number of allylic oxidation sites excluding steroid dienone is 1. The molecule has 0 aromatic carbocycles. The summed E-state index contributed by atoms with van der Waals surface area (Å²) in [4.78, 5) is 35.6. The Morgan fingerprint density at radius 2 is 1.95 bits per heavy atom. The molecule has 1 aliphatic heterocycles. The molecule has 1 rings (SSSR count). The number of hydrogen-bond donors (Lipinski definition) is 0. The number of hydrazone groups is 1. The van der Waals surface area contributed by atoms with E-state index in [0.29, 0.717) is 6.42 Å². The summed E-state index contributed by atoms with van der Waals surface area (Å²) in [5.74, 6) is -2.67. The second-order valence-electron chi connectivity index (χ2n) is 4.25. The number of ether oxygens (including phenoxy) is 2. The molecule has 0 spiro atoms. The molecule has 0 saturated heterocycles. The molecule has 0 aromatic rings. The predicted molar refractivity (Wildman–Crippen MR) is 75.1 cm³/mol. The zero-order chi connectivity index (χ0) is 15.7. The molecular weight excluding hydrogens is 276 g/mol. The van der Waals surface area contributed by atoms with Crippen LogP contribution in [0.3, 0.4) is 0 Å². The van der Waals surface area contributed by atoms with Gasteiger partial charge in [0.15, 0.2) is 0 Å². The van der Waals surface area contributed by atoms with Crippen molar-refractivity contribution in [3.8, 4) is 0 Å². The zero-order valence-corrected chi connectivity index (χ0v) is 12.3. The lowest BCUT2D eigenvalue weighted by Crippen LogP contribution is -2.35. The van der Waals surface area contributed by atoms with E-state index in [0.717, 1.165) is 5.01 Å².